The lowest BCUT2D eigenvalue weighted by molar-refractivity contribution is -0.117. The summed E-state index contributed by atoms with van der Waals surface area (Å²) >= 11 is 1.25. The van der Waals surface area contributed by atoms with E-state index in [2.05, 4.69) is 15.5 Å². The lowest BCUT2D eigenvalue weighted by atomic mass is 10.3. The monoisotopic (exact) mass is 350 g/mol. The van der Waals surface area contributed by atoms with Crippen LogP contribution in [0.15, 0.2) is 0 Å². The van der Waals surface area contributed by atoms with Gasteiger partial charge in [-0.25, -0.2) is 5.14 Å². The molecule has 0 spiro atoms. The number of amides is 1. The quantitative estimate of drug-likeness (QED) is 0.634. The number of hydrogen-bond acceptors (Lipinski definition) is 8. The fraction of sp³-hybridized carbons (Fsp3) is 0.700. The minimum atomic E-state index is -3.65. The van der Waals surface area contributed by atoms with Crippen LogP contribution < -0.4 is 10.5 Å². The summed E-state index contributed by atoms with van der Waals surface area (Å²) in [5.74, 6) is -0.218. The number of ether oxygens (including phenoxy) is 1. The van der Waals surface area contributed by atoms with Crippen molar-refractivity contribution in [2.75, 3.05) is 45.2 Å². The van der Waals surface area contributed by atoms with Crippen LogP contribution >= 0.6 is 11.3 Å². The number of nitrogens with zero attached hydrogens (tertiary/aromatic N) is 4. The highest BCUT2D eigenvalue weighted by molar-refractivity contribution is 7.86. The molecule has 124 valence electrons. The molecule has 0 atom stereocenters. The van der Waals surface area contributed by atoms with Gasteiger partial charge in [0, 0.05) is 33.3 Å². The number of nitrogens with two attached hydrogens (primary N) is 1. The van der Waals surface area contributed by atoms with Crippen LogP contribution in [-0.2, 0) is 26.3 Å². The Morgan fingerprint density at radius 2 is 2.05 bits per heavy atom. The summed E-state index contributed by atoms with van der Waals surface area (Å²) in [7, 11) is -2.09. The predicted molar refractivity (Wildman–Crippen MR) is 80.4 cm³/mol. The molecule has 2 rings (SSSR count). The highest BCUT2D eigenvalue weighted by atomic mass is 32.2. The fourth-order valence-electron chi connectivity index (χ4n) is 1.99. The molecule has 1 aromatic heterocycles. The number of hydrogen-bond donors (Lipinski definition) is 2. The number of aromatic nitrogens is 2. The van der Waals surface area contributed by atoms with Gasteiger partial charge in [-0.2, -0.15) is 12.7 Å². The van der Waals surface area contributed by atoms with Gasteiger partial charge in [-0.3, -0.25) is 15.0 Å². The van der Waals surface area contributed by atoms with Crippen LogP contribution in [0.1, 0.15) is 5.01 Å². The van der Waals surface area contributed by atoms with Crippen molar-refractivity contribution < 1.29 is 17.9 Å². The van der Waals surface area contributed by atoms with Crippen LogP contribution in [0.25, 0.3) is 0 Å². The Bertz CT molecular complexity index is 611. The summed E-state index contributed by atoms with van der Waals surface area (Å²) < 4.78 is 28.5. The van der Waals surface area contributed by atoms with E-state index in [0.717, 1.165) is 0 Å². The minimum absolute atomic E-state index is 0.164. The first-order valence-electron chi connectivity index (χ1n) is 6.50. The van der Waals surface area contributed by atoms with Crippen molar-refractivity contribution in [3.8, 4) is 0 Å². The van der Waals surface area contributed by atoms with Crippen molar-refractivity contribution in [2.24, 2.45) is 5.14 Å². The van der Waals surface area contributed by atoms with Gasteiger partial charge in [0.25, 0.3) is 10.2 Å². The Balaban J connectivity index is 1.78. The molecule has 0 bridgehead atoms. The molecule has 1 aromatic rings. The maximum absolute atomic E-state index is 11.9. The highest BCUT2D eigenvalue weighted by Crippen LogP contribution is 2.15. The van der Waals surface area contributed by atoms with Gasteiger partial charge in [0.1, 0.15) is 11.6 Å². The number of carbonyl (C=O) groups excluding carboxylic acids is 1. The highest BCUT2D eigenvalue weighted by Gasteiger charge is 2.25. The normalized spacial score (nSPS) is 17.5. The third-order valence-electron chi connectivity index (χ3n) is 3.04. The third kappa shape index (κ3) is 4.93. The van der Waals surface area contributed by atoms with Crippen molar-refractivity contribution in [1.29, 1.82) is 0 Å². The summed E-state index contributed by atoms with van der Waals surface area (Å²) in [4.78, 5) is 13.8. The number of anilines is 1. The first-order valence-corrected chi connectivity index (χ1v) is 8.82. The number of carbonyl (C=O) groups is 1. The van der Waals surface area contributed by atoms with Gasteiger partial charge in [0.05, 0.1) is 6.54 Å². The molecule has 12 heteroatoms. The van der Waals surface area contributed by atoms with Crippen LogP contribution in [0.5, 0.6) is 0 Å². The van der Waals surface area contributed by atoms with Crippen molar-refractivity contribution in [1.82, 2.24) is 19.4 Å². The standard InChI is InChI=1S/C10H18N6O4S2/c1-20-7-9-13-14-10(21-9)12-8(17)6-15-2-4-16(5-3-15)22(11,18)19/h2-7H2,1H3,(H2,11,18,19)(H,12,14,17). The maximum Gasteiger partial charge on any atom is 0.276 e. The molecule has 1 fully saturated rings. The molecular weight excluding hydrogens is 332 g/mol. The average molecular weight is 350 g/mol. The van der Waals surface area contributed by atoms with E-state index in [0.29, 0.717) is 29.8 Å². The van der Waals surface area contributed by atoms with Gasteiger partial charge >= 0.3 is 0 Å². The van der Waals surface area contributed by atoms with Gasteiger partial charge in [-0.05, 0) is 0 Å². The molecule has 0 unspecified atom stereocenters. The van der Waals surface area contributed by atoms with Crippen molar-refractivity contribution >= 4 is 32.6 Å². The third-order valence-corrected chi connectivity index (χ3v) is 4.94. The predicted octanol–water partition coefficient (Wildman–Crippen LogP) is -1.56. The zero-order valence-electron chi connectivity index (χ0n) is 12.1. The molecule has 10 nitrogen and oxygen atoms in total. The van der Waals surface area contributed by atoms with Crippen molar-refractivity contribution in [3.63, 3.8) is 0 Å². The largest absolute Gasteiger partial charge is 0.377 e. The molecule has 1 aliphatic heterocycles. The molecule has 2 heterocycles. The topological polar surface area (TPSA) is 131 Å². The lowest BCUT2D eigenvalue weighted by Crippen LogP contribution is -2.52. The Labute approximate surface area is 132 Å². The van der Waals surface area contributed by atoms with Crippen molar-refractivity contribution in [2.45, 2.75) is 6.61 Å². The zero-order valence-corrected chi connectivity index (χ0v) is 13.7. The van der Waals surface area contributed by atoms with Gasteiger partial charge < -0.3 is 4.74 Å². The summed E-state index contributed by atoms with van der Waals surface area (Å²) in [6.07, 6.45) is 0. The number of nitrogens with one attached hydrogen (secondary N) is 1. The Hall–Kier alpha value is -1.18. The number of rotatable bonds is 6. The minimum Gasteiger partial charge on any atom is -0.377 e. The second-order valence-corrected chi connectivity index (χ2v) is 7.31. The van der Waals surface area contributed by atoms with E-state index >= 15 is 0 Å². The van der Waals surface area contributed by atoms with E-state index < -0.39 is 10.2 Å². The van der Waals surface area contributed by atoms with E-state index in [-0.39, 0.29) is 25.5 Å². The Morgan fingerprint density at radius 1 is 1.36 bits per heavy atom. The van der Waals surface area contributed by atoms with Gasteiger partial charge in [0.15, 0.2) is 0 Å². The van der Waals surface area contributed by atoms with Gasteiger partial charge in [0.2, 0.25) is 11.0 Å². The summed E-state index contributed by atoms with van der Waals surface area (Å²) in [5, 5.41) is 16.5. The second-order valence-electron chi connectivity index (χ2n) is 4.70. The molecular formula is C10H18N6O4S2. The Kier molecular flexibility index (Phi) is 5.77. The molecule has 0 aliphatic carbocycles. The SMILES string of the molecule is COCc1nnc(NC(=O)CN2CCN(S(N)(=O)=O)CC2)s1. The second kappa shape index (κ2) is 7.39. The van der Waals surface area contributed by atoms with Crippen LogP contribution in [0.2, 0.25) is 0 Å². The van der Waals surface area contributed by atoms with E-state index in [1.807, 2.05) is 4.90 Å². The van der Waals surface area contributed by atoms with Crippen LogP contribution in [0, 0.1) is 0 Å². The molecule has 1 amide bonds. The molecule has 22 heavy (non-hydrogen) atoms. The number of methoxy groups -OCH3 is 1. The smallest absolute Gasteiger partial charge is 0.276 e. The Morgan fingerprint density at radius 3 is 2.64 bits per heavy atom. The van der Waals surface area contributed by atoms with E-state index in [9.17, 15) is 13.2 Å². The zero-order chi connectivity index (χ0) is 16.2. The molecule has 0 aromatic carbocycles. The first kappa shape index (κ1) is 17.2. The van der Waals surface area contributed by atoms with Crippen LogP contribution in [0.3, 0.4) is 0 Å². The van der Waals surface area contributed by atoms with Gasteiger partial charge in [-0.1, -0.05) is 11.3 Å². The maximum atomic E-state index is 11.9. The summed E-state index contributed by atoms with van der Waals surface area (Å²) in [6.45, 7) is 1.98. The fourth-order valence-corrected chi connectivity index (χ4v) is 3.39. The first-order chi connectivity index (χ1) is 10.4. The molecule has 3 N–H and O–H groups in total. The van der Waals surface area contributed by atoms with E-state index in [1.165, 1.54) is 15.6 Å². The summed E-state index contributed by atoms with van der Waals surface area (Å²) in [5.41, 5.74) is 0. The van der Waals surface area contributed by atoms with Gasteiger partial charge in [-0.15, -0.1) is 10.2 Å². The van der Waals surface area contributed by atoms with Crippen molar-refractivity contribution in [3.05, 3.63) is 5.01 Å². The average Bonchev–Trinajstić information content (AvgIpc) is 2.86. The summed E-state index contributed by atoms with van der Waals surface area (Å²) in [6, 6.07) is 0. The van der Waals surface area contributed by atoms with Crippen LogP contribution in [0.4, 0.5) is 5.13 Å². The molecule has 1 aliphatic rings. The lowest BCUT2D eigenvalue weighted by Gasteiger charge is -2.32. The molecule has 0 saturated carbocycles. The van der Waals surface area contributed by atoms with Crippen LogP contribution in [-0.4, -0.2) is 73.6 Å². The number of piperazine rings is 1. The molecule has 0 radical (unpaired) electrons. The van der Waals surface area contributed by atoms with E-state index in [1.54, 1.807) is 7.11 Å². The molecule has 1 saturated heterocycles. The van der Waals surface area contributed by atoms with E-state index in [4.69, 9.17) is 9.88 Å².